The van der Waals surface area contributed by atoms with Crippen LogP contribution in [0.15, 0.2) is 28.9 Å². The molecule has 18 heavy (non-hydrogen) atoms. The molecule has 0 amide bonds. The average Bonchev–Trinajstić information content (AvgIpc) is 2.84. The summed E-state index contributed by atoms with van der Waals surface area (Å²) < 4.78 is 7.92. The second-order valence-electron chi connectivity index (χ2n) is 3.74. The topological polar surface area (TPSA) is 52.0 Å². The Morgan fingerprint density at radius 3 is 2.94 bits per heavy atom. The first-order valence-corrected chi connectivity index (χ1v) is 6.49. The SMILES string of the molecule is CCNCc1cnnn1-c1ccc(OC)c(Br)c1. The first kappa shape index (κ1) is 13.0. The molecular formula is C12H15BrN4O. The molecule has 1 aromatic heterocycles. The van der Waals surface area contributed by atoms with E-state index in [2.05, 4.69) is 38.5 Å². The zero-order valence-electron chi connectivity index (χ0n) is 10.4. The minimum atomic E-state index is 0.743. The predicted molar refractivity (Wildman–Crippen MR) is 73.0 cm³/mol. The minimum Gasteiger partial charge on any atom is -0.496 e. The fourth-order valence-corrected chi connectivity index (χ4v) is 2.16. The Morgan fingerprint density at radius 1 is 1.44 bits per heavy atom. The van der Waals surface area contributed by atoms with Gasteiger partial charge in [0.1, 0.15) is 5.75 Å². The summed E-state index contributed by atoms with van der Waals surface area (Å²) in [6.45, 7) is 3.72. The molecule has 0 aliphatic heterocycles. The van der Waals surface area contributed by atoms with Gasteiger partial charge in [-0.25, -0.2) is 4.68 Å². The highest BCUT2D eigenvalue weighted by atomic mass is 79.9. The van der Waals surface area contributed by atoms with Gasteiger partial charge in [-0.3, -0.25) is 0 Å². The van der Waals surface area contributed by atoms with Crippen LogP contribution in [0.4, 0.5) is 0 Å². The quantitative estimate of drug-likeness (QED) is 0.919. The highest BCUT2D eigenvalue weighted by molar-refractivity contribution is 9.10. The van der Waals surface area contributed by atoms with Crippen molar-refractivity contribution < 1.29 is 4.74 Å². The van der Waals surface area contributed by atoms with Crippen LogP contribution in [0.25, 0.3) is 5.69 Å². The maximum atomic E-state index is 5.21. The molecule has 0 atom stereocenters. The van der Waals surface area contributed by atoms with Crippen LogP contribution < -0.4 is 10.1 Å². The third-order valence-corrected chi connectivity index (χ3v) is 3.18. The van der Waals surface area contributed by atoms with Crippen molar-refractivity contribution in [2.75, 3.05) is 13.7 Å². The lowest BCUT2D eigenvalue weighted by atomic mass is 10.3. The molecule has 0 radical (unpaired) electrons. The summed E-state index contributed by atoms with van der Waals surface area (Å²) in [7, 11) is 1.64. The van der Waals surface area contributed by atoms with Crippen LogP contribution in [0.3, 0.4) is 0 Å². The summed E-state index contributed by atoms with van der Waals surface area (Å²) in [4.78, 5) is 0. The number of hydrogen-bond donors (Lipinski definition) is 1. The van der Waals surface area contributed by atoms with Crippen molar-refractivity contribution >= 4 is 15.9 Å². The Labute approximate surface area is 114 Å². The molecule has 0 bridgehead atoms. The summed E-state index contributed by atoms with van der Waals surface area (Å²) >= 11 is 3.47. The van der Waals surface area contributed by atoms with Crippen LogP contribution in [-0.2, 0) is 6.54 Å². The molecule has 0 spiro atoms. The van der Waals surface area contributed by atoms with Gasteiger partial charge in [0.2, 0.25) is 0 Å². The Morgan fingerprint density at radius 2 is 2.28 bits per heavy atom. The molecule has 0 saturated heterocycles. The van der Waals surface area contributed by atoms with Gasteiger partial charge in [-0.15, -0.1) is 5.10 Å². The van der Waals surface area contributed by atoms with Crippen LogP contribution >= 0.6 is 15.9 Å². The van der Waals surface area contributed by atoms with E-state index < -0.39 is 0 Å². The van der Waals surface area contributed by atoms with Crippen molar-refractivity contribution in [2.45, 2.75) is 13.5 Å². The molecule has 0 unspecified atom stereocenters. The van der Waals surface area contributed by atoms with Crippen LogP contribution in [0, 0.1) is 0 Å². The monoisotopic (exact) mass is 310 g/mol. The van der Waals surface area contributed by atoms with Crippen molar-refractivity contribution in [3.05, 3.63) is 34.6 Å². The number of nitrogens with one attached hydrogen (secondary N) is 1. The Kier molecular flexibility index (Phi) is 4.33. The number of methoxy groups -OCH3 is 1. The number of nitrogens with zero attached hydrogens (tertiary/aromatic N) is 3. The molecule has 0 aliphatic carbocycles. The van der Waals surface area contributed by atoms with E-state index in [0.29, 0.717) is 0 Å². The molecular weight excluding hydrogens is 296 g/mol. The molecule has 2 aromatic rings. The highest BCUT2D eigenvalue weighted by Crippen LogP contribution is 2.27. The minimum absolute atomic E-state index is 0.743. The molecule has 2 rings (SSSR count). The van der Waals surface area contributed by atoms with E-state index in [1.54, 1.807) is 13.3 Å². The largest absolute Gasteiger partial charge is 0.496 e. The first-order valence-electron chi connectivity index (χ1n) is 5.70. The number of hydrogen-bond acceptors (Lipinski definition) is 4. The second kappa shape index (κ2) is 5.97. The fourth-order valence-electron chi connectivity index (χ4n) is 1.63. The van der Waals surface area contributed by atoms with Crippen LogP contribution in [0.2, 0.25) is 0 Å². The summed E-state index contributed by atoms with van der Waals surface area (Å²) in [6, 6.07) is 5.81. The van der Waals surface area contributed by atoms with Gasteiger partial charge < -0.3 is 10.1 Å². The predicted octanol–water partition coefficient (Wildman–Crippen LogP) is 2.15. The summed E-state index contributed by atoms with van der Waals surface area (Å²) in [5, 5.41) is 11.3. The molecule has 6 heteroatoms. The smallest absolute Gasteiger partial charge is 0.133 e. The van der Waals surface area contributed by atoms with Crippen LogP contribution in [0.1, 0.15) is 12.6 Å². The molecule has 0 saturated carbocycles. The van der Waals surface area contributed by atoms with E-state index in [9.17, 15) is 0 Å². The van der Waals surface area contributed by atoms with Gasteiger partial charge in [0.25, 0.3) is 0 Å². The average molecular weight is 311 g/mol. The molecule has 1 aromatic carbocycles. The lowest BCUT2D eigenvalue weighted by molar-refractivity contribution is 0.412. The summed E-state index contributed by atoms with van der Waals surface area (Å²) in [5.74, 6) is 0.798. The number of halogens is 1. The van der Waals surface area contributed by atoms with Crippen LogP contribution in [-0.4, -0.2) is 28.6 Å². The van der Waals surface area contributed by atoms with Crippen molar-refractivity contribution in [3.63, 3.8) is 0 Å². The maximum Gasteiger partial charge on any atom is 0.133 e. The van der Waals surface area contributed by atoms with Crippen LogP contribution in [0.5, 0.6) is 5.75 Å². The van der Waals surface area contributed by atoms with Gasteiger partial charge >= 0.3 is 0 Å². The molecule has 0 aliphatic rings. The zero-order valence-corrected chi connectivity index (χ0v) is 11.9. The molecule has 96 valence electrons. The molecule has 5 nitrogen and oxygen atoms in total. The lowest BCUT2D eigenvalue weighted by Crippen LogP contribution is -2.15. The van der Waals surface area contributed by atoms with Crippen molar-refractivity contribution in [1.29, 1.82) is 0 Å². The number of rotatable bonds is 5. The van der Waals surface area contributed by atoms with Gasteiger partial charge in [-0.1, -0.05) is 12.1 Å². The molecule has 1 heterocycles. The van der Waals surface area contributed by atoms with E-state index in [4.69, 9.17) is 4.74 Å². The summed E-state index contributed by atoms with van der Waals surface area (Å²) in [6.07, 6.45) is 1.76. The zero-order chi connectivity index (χ0) is 13.0. The Bertz CT molecular complexity index is 527. The molecule has 0 fully saturated rings. The highest BCUT2D eigenvalue weighted by Gasteiger charge is 2.08. The number of aromatic nitrogens is 3. The third-order valence-electron chi connectivity index (χ3n) is 2.56. The van der Waals surface area contributed by atoms with Crippen molar-refractivity contribution in [3.8, 4) is 11.4 Å². The number of benzene rings is 1. The standard InChI is InChI=1S/C12H15BrN4O/c1-3-14-7-10-8-15-16-17(10)9-4-5-12(18-2)11(13)6-9/h4-6,8,14H,3,7H2,1-2H3. The van der Waals surface area contributed by atoms with E-state index in [0.717, 1.165) is 34.7 Å². The van der Waals surface area contributed by atoms with Crippen molar-refractivity contribution in [1.82, 2.24) is 20.3 Å². The third kappa shape index (κ3) is 2.70. The van der Waals surface area contributed by atoms with Gasteiger partial charge in [-0.2, -0.15) is 0 Å². The molecule has 1 N–H and O–H groups in total. The maximum absolute atomic E-state index is 5.21. The number of ether oxygens (including phenoxy) is 1. The van der Waals surface area contributed by atoms with E-state index >= 15 is 0 Å². The van der Waals surface area contributed by atoms with E-state index in [1.165, 1.54) is 0 Å². The van der Waals surface area contributed by atoms with Crippen molar-refractivity contribution in [2.24, 2.45) is 0 Å². The van der Waals surface area contributed by atoms with Gasteiger partial charge in [0, 0.05) is 6.54 Å². The Hall–Kier alpha value is -1.40. The van der Waals surface area contributed by atoms with Gasteiger partial charge in [0.05, 0.1) is 29.2 Å². The normalized spacial score (nSPS) is 10.6. The lowest BCUT2D eigenvalue weighted by Gasteiger charge is -2.09. The second-order valence-corrected chi connectivity index (χ2v) is 4.59. The van der Waals surface area contributed by atoms with Gasteiger partial charge in [-0.05, 0) is 40.7 Å². The van der Waals surface area contributed by atoms with Gasteiger partial charge in [0.15, 0.2) is 0 Å². The van der Waals surface area contributed by atoms with E-state index in [1.807, 2.05) is 22.9 Å². The summed E-state index contributed by atoms with van der Waals surface area (Å²) in [5.41, 5.74) is 1.97. The van der Waals surface area contributed by atoms with E-state index in [-0.39, 0.29) is 0 Å². The first-order chi connectivity index (χ1) is 8.76. The fraction of sp³-hybridized carbons (Fsp3) is 0.333. The Balaban J connectivity index is 2.31.